The summed E-state index contributed by atoms with van der Waals surface area (Å²) in [6.07, 6.45) is 4.74. The lowest BCUT2D eigenvalue weighted by Gasteiger charge is -2.25. The van der Waals surface area contributed by atoms with Crippen molar-refractivity contribution >= 4 is 5.97 Å². The fourth-order valence-electron chi connectivity index (χ4n) is 1.70. The molecule has 1 aliphatic heterocycles. The summed E-state index contributed by atoms with van der Waals surface area (Å²) in [6, 6.07) is 0. The van der Waals surface area contributed by atoms with Gasteiger partial charge in [-0.25, -0.2) is 0 Å². The molecule has 0 aromatic carbocycles. The first-order valence-corrected chi connectivity index (χ1v) is 5.90. The Labute approximate surface area is 88.0 Å². The average molecular weight is 200 g/mol. The molecule has 1 aliphatic rings. The van der Waals surface area contributed by atoms with Crippen LogP contribution in [-0.2, 0) is 9.53 Å². The summed E-state index contributed by atoms with van der Waals surface area (Å²) < 4.78 is 5.06. The molecule has 1 rings (SSSR count). The lowest BCUT2D eigenvalue weighted by Crippen LogP contribution is -2.28. The van der Waals surface area contributed by atoms with Crippen LogP contribution in [-0.4, -0.2) is 12.6 Å². The van der Waals surface area contributed by atoms with E-state index in [-0.39, 0.29) is 11.9 Å². The Morgan fingerprint density at radius 3 is 2.57 bits per heavy atom. The predicted octanol–water partition coefficient (Wildman–Crippen LogP) is 3.40. The molecule has 1 fully saturated rings. The van der Waals surface area contributed by atoms with Crippen molar-refractivity contribution in [1.82, 2.24) is 0 Å². The van der Waals surface area contributed by atoms with Crippen LogP contribution in [0, 0.1) is 11.8 Å². The van der Waals surface area contributed by atoms with E-state index in [0.29, 0.717) is 12.5 Å². The summed E-state index contributed by atoms with van der Waals surface area (Å²) >= 11 is 0. The summed E-state index contributed by atoms with van der Waals surface area (Å²) in [4.78, 5) is 11.0. The summed E-state index contributed by atoms with van der Waals surface area (Å²) in [6.45, 7) is 8.81. The van der Waals surface area contributed by atoms with E-state index in [4.69, 9.17) is 4.74 Å². The molecule has 14 heavy (non-hydrogen) atoms. The van der Waals surface area contributed by atoms with Gasteiger partial charge in [-0.05, 0) is 18.8 Å². The lowest BCUT2D eigenvalue weighted by molar-refractivity contribution is -0.155. The molecule has 2 heteroatoms. The number of carbonyl (C=O) groups is 1. The number of carbonyl (C=O) groups excluding carboxylic acids is 1. The second-order valence-electron chi connectivity index (χ2n) is 3.78. The standard InChI is InChI=1S/C10H18O2.C2H6/c1-3-4-5-9-6-8(2)10(11)12-7-9;1-2/h8-9H,3-7H2,1-2H3;1-2H3. The van der Waals surface area contributed by atoms with Crippen molar-refractivity contribution in [3.8, 4) is 0 Å². The minimum Gasteiger partial charge on any atom is -0.465 e. The largest absolute Gasteiger partial charge is 0.465 e. The zero-order valence-electron chi connectivity index (χ0n) is 10.0. The van der Waals surface area contributed by atoms with Crippen molar-refractivity contribution in [3.63, 3.8) is 0 Å². The van der Waals surface area contributed by atoms with Crippen molar-refractivity contribution in [1.29, 1.82) is 0 Å². The molecule has 2 nitrogen and oxygen atoms in total. The molecule has 1 saturated heterocycles. The van der Waals surface area contributed by atoms with Gasteiger partial charge in [0.1, 0.15) is 0 Å². The Hall–Kier alpha value is -0.530. The molecule has 2 atom stereocenters. The topological polar surface area (TPSA) is 26.3 Å². The molecule has 2 unspecified atom stereocenters. The number of hydrogen-bond donors (Lipinski definition) is 0. The second kappa shape index (κ2) is 7.84. The van der Waals surface area contributed by atoms with Crippen molar-refractivity contribution in [2.75, 3.05) is 6.61 Å². The average Bonchev–Trinajstić information content (AvgIpc) is 2.23. The van der Waals surface area contributed by atoms with Gasteiger partial charge in [-0.3, -0.25) is 4.79 Å². The molecule has 0 bridgehead atoms. The Kier molecular flexibility index (Phi) is 7.54. The Bertz CT molecular complexity index is 154. The molecule has 0 aromatic rings. The van der Waals surface area contributed by atoms with E-state index in [0.717, 1.165) is 6.42 Å². The van der Waals surface area contributed by atoms with Gasteiger partial charge in [0.2, 0.25) is 0 Å². The monoisotopic (exact) mass is 200 g/mol. The number of ether oxygens (including phenoxy) is 1. The van der Waals surface area contributed by atoms with E-state index in [9.17, 15) is 4.79 Å². The van der Waals surface area contributed by atoms with Crippen molar-refractivity contribution in [2.24, 2.45) is 11.8 Å². The SMILES string of the molecule is CC.CCCCC1COC(=O)C(C)C1. The smallest absolute Gasteiger partial charge is 0.308 e. The second-order valence-corrected chi connectivity index (χ2v) is 3.78. The maximum absolute atomic E-state index is 11.0. The molecule has 0 amide bonds. The third-order valence-corrected chi connectivity index (χ3v) is 2.52. The Balaban J connectivity index is 0.000000791. The van der Waals surface area contributed by atoms with Gasteiger partial charge < -0.3 is 4.74 Å². The Morgan fingerprint density at radius 1 is 1.43 bits per heavy atom. The molecule has 84 valence electrons. The van der Waals surface area contributed by atoms with E-state index < -0.39 is 0 Å². The first-order chi connectivity index (χ1) is 6.74. The molecule has 0 spiro atoms. The number of esters is 1. The molecule has 0 aliphatic carbocycles. The van der Waals surface area contributed by atoms with Crippen LogP contribution in [0.4, 0.5) is 0 Å². The van der Waals surface area contributed by atoms with Crippen LogP contribution in [0.5, 0.6) is 0 Å². The highest BCUT2D eigenvalue weighted by Gasteiger charge is 2.26. The summed E-state index contributed by atoms with van der Waals surface area (Å²) in [5.41, 5.74) is 0. The third kappa shape index (κ3) is 4.64. The van der Waals surface area contributed by atoms with Gasteiger partial charge in [0.25, 0.3) is 0 Å². The van der Waals surface area contributed by atoms with Crippen molar-refractivity contribution in [2.45, 2.75) is 53.4 Å². The van der Waals surface area contributed by atoms with E-state index >= 15 is 0 Å². The maximum atomic E-state index is 11.0. The van der Waals surface area contributed by atoms with Gasteiger partial charge in [0.05, 0.1) is 12.5 Å². The highest BCUT2D eigenvalue weighted by molar-refractivity contribution is 5.72. The maximum Gasteiger partial charge on any atom is 0.308 e. The lowest BCUT2D eigenvalue weighted by atomic mass is 9.90. The van der Waals surface area contributed by atoms with Crippen molar-refractivity contribution < 1.29 is 9.53 Å². The Morgan fingerprint density at radius 2 is 2.07 bits per heavy atom. The van der Waals surface area contributed by atoms with E-state index in [2.05, 4.69) is 6.92 Å². The quantitative estimate of drug-likeness (QED) is 0.653. The third-order valence-electron chi connectivity index (χ3n) is 2.52. The van der Waals surface area contributed by atoms with Crippen LogP contribution in [0.15, 0.2) is 0 Å². The minimum atomic E-state index is -0.0113. The number of unbranched alkanes of at least 4 members (excludes halogenated alkanes) is 1. The summed E-state index contributed by atoms with van der Waals surface area (Å²) in [5, 5.41) is 0. The summed E-state index contributed by atoms with van der Waals surface area (Å²) in [7, 11) is 0. The van der Waals surface area contributed by atoms with Gasteiger partial charge in [-0.2, -0.15) is 0 Å². The molecule has 0 aromatic heterocycles. The van der Waals surface area contributed by atoms with Crippen LogP contribution in [0.1, 0.15) is 53.4 Å². The molecule has 1 heterocycles. The first kappa shape index (κ1) is 13.5. The van der Waals surface area contributed by atoms with E-state index in [1.54, 1.807) is 0 Å². The van der Waals surface area contributed by atoms with Crippen LogP contribution < -0.4 is 0 Å². The van der Waals surface area contributed by atoms with E-state index in [1.807, 2.05) is 20.8 Å². The summed E-state index contributed by atoms with van der Waals surface area (Å²) in [5.74, 6) is 0.737. The highest BCUT2D eigenvalue weighted by atomic mass is 16.5. The van der Waals surface area contributed by atoms with Crippen LogP contribution in [0.2, 0.25) is 0 Å². The zero-order chi connectivity index (χ0) is 11.0. The molecular formula is C12H24O2. The number of rotatable bonds is 3. The fraction of sp³-hybridized carbons (Fsp3) is 0.917. The molecular weight excluding hydrogens is 176 g/mol. The van der Waals surface area contributed by atoms with Crippen LogP contribution in [0.25, 0.3) is 0 Å². The van der Waals surface area contributed by atoms with Gasteiger partial charge in [0.15, 0.2) is 0 Å². The minimum absolute atomic E-state index is 0.0113. The van der Waals surface area contributed by atoms with Gasteiger partial charge in [-0.15, -0.1) is 0 Å². The van der Waals surface area contributed by atoms with Gasteiger partial charge in [-0.1, -0.05) is 40.5 Å². The normalized spacial score (nSPS) is 26.1. The van der Waals surface area contributed by atoms with E-state index in [1.165, 1.54) is 19.3 Å². The molecule has 0 N–H and O–H groups in total. The van der Waals surface area contributed by atoms with Gasteiger partial charge >= 0.3 is 5.97 Å². The number of hydrogen-bond acceptors (Lipinski definition) is 2. The highest BCUT2D eigenvalue weighted by Crippen LogP contribution is 2.24. The molecule has 0 radical (unpaired) electrons. The molecule has 0 saturated carbocycles. The fourth-order valence-corrected chi connectivity index (χ4v) is 1.70. The van der Waals surface area contributed by atoms with Crippen LogP contribution >= 0.6 is 0 Å². The zero-order valence-corrected chi connectivity index (χ0v) is 10.0. The van der Waals surface area contributed by atoms with Gasteiger partial charge in [0, 0.05) is 0 Å². The predicted molar refractivity (Wildman–Crippen MR) is 59.1 cm³/mol. The van der Waals surface area contributed by atoms with Crippen molar-refractivity contribution in [3.05, 3.63) is 0 Å². The first-order valence-electron chi connectivity index (χ1n) is 5.90. The number of cyclic esters (lactones) is 1. The van der Waals surface area contributed by atoms with Crippen LogP contribution in [0.3, 0.4) is 0 Å².